The van der Waals surface area contributed by atoms with Gasteiger partial charge >= 0.3 is 0 Å². The molecule has 0 spiro atoms. The zero-order valence-electron chi connectivity index (χ0n) is 15.3. The van der Waals surface area contributed by atoms with E-state index in [2.05, 4.69) is 6.07 Å². The highest BCUT2D eigenvalue weighted by molar-refractivity contribution is 5.98. The molecule has 2 aromatic rings. The SMILES string of the molecule is Cc1cc(C)c(C)c(C(=O)N2CCN(C(=O)c3ccco3)CC2)c1C. The van der Waals surface area contributed by atoms with Gasteiger partial charge in [-0.1, -0.05) is 6.07 Å². The lowest BCUT2D eigenvalue weighted by Gasteiger charge is -2.35. The van der Waals surface area contributed by atoms with Gasteiger partial charge in [-0.3, -0.25) is 9.59 Å². The maximum atomic E-state index is 13.1. The zero-order chi connectivity index (χ0) is 18.1. The Morgan fingerprint density at radius 1 is 0.880 bits per heavy atom. The third kappa shape index (κ3) is 3.18. The molecule has 0 unspecified atom stereocenters. The van der Waals surface area contributed by atoms with E-state index in [0.29, 0.717) is 31.9 Å². The van der Waals surface area contributed by atoms with E-state index in [9.17, 15) is 9.59 Å². The second-order valence-electron chi connectivity index (χ2n) is 6.70. The maximum Gasteiger partial charge on any atom is 0.289 e. The lowest BCUT2D eigenvalue weighted by Crippen LogP contribution is -2.50. The number of carbonyl (C=O) groups excluding carboxylic acids is 2. The third-order valence-corrected chi connectivity index (χ3v) is 5.17. The average Bonchev–Trinajstić information content (AvgIpc) is 3.14. The molecule has 2 heterocycles. The molecule has 25 heavy (non-hydrogen) atoms. The highest BCUT2D eigenvalue weighted by Crippen LogP contribution is 2.24. The molecule has 1 saturated heterocycles. The van der Waals surface area contributed by atoms with E-state index in [1.807, 2.05) is 32.6 Å². The summed E-state index contributed by atoms with van der Waals surface area (Å²) in [6.07, 6.45) is 1.50. The summed E-state index contributed by atoms with van der Waals surface area (Å²) in [5.41, 5.74) is 5.17. The Morgan fingerprint density at radius 3 is 1.88 bits per heavy atom. The van der Waals surface area contributed by atoms with Gasteiger partial charge in [0.05, 0.1) is 6.26 Å². The van der Waals surface area contributed by atoms with E-state index in [-0.39, 0.29) is 11.8 Å². The first-order valence-electron chi connectivity index (χ1n) is 8.59. The van der Waals surface area contributed by atoms with E-state index in [1.54, 1.807) is 17.0 Å². The van der Waals surface area contributed by atoms with Crippen molar-refractivity contribution < 1.29 is 14.0 Å². The van der Waals surface area contributed by atoms with Gasteiger partial charge in [0.2, 0.25) is 0 Å². The number of benzene rings is 1. The first-order chi connectivity index (χ1) is 11.9. The zero-order valence-corrected chi connectivity index (χ0v) is 15.3. The topological polar surface area (TPSA) is 53.8 Å². The number of nitrogens with zero attached hydrogens (tertiary/aromatic N) is 2. The van der Waals surface area contributed by atoms with Gasteiger partial charge in [-0.05, 0) is 62.1 Å². The normalized spacial score (nSPS) is 14.7. The maximum absolute atomic E-state index is 13.1. The minimum absolute atomic E-state index is 0.0619. The van der Waals surface area contributed by atoms with E-state index in [0.717, 1.165) is 27.8 Å². The molecule has 1 aromatic heterocycles. The van der Waals surface area contributed by atoms with Gasteiger partial charge in [0.25, 0.3) is 11.8 Å². The first-order valence-corrected chi connectivity index (χ1v) is 8.59. The van der Waals surface area contributed by atoms with Gasteiger partial charge in [-0.15, -0.1) is 0 Å². The van der Waals surface area contributed by atoms with Crippen LogP contribution >= 0.6 is 0 Å². The molecule has 0 atom stereocenters. The van der Waals surface area contributed by atoms with Crippen LogP contribution in [0.1, 0.15) is 43.2 Å². The van der Waals surface area contributed by atoms with Crippen LogP contribution in [-0.2, 0) is 0 Å². The number of aryl methyl sites for hydroxylation is 2. The molecule has 132 valence electrons. The van der Waals surface area contributed by atoms with Crippen LogP contribution in [0, 0.1) is 27.7 Å². The number of carbonyl (C=O) groups is 2. The first kappa shape index (κ1) is 17.3. The van der Waals surface area contributed by atoms with Gasteiger partial charge in [0.1, 0.15) is 0 Å². The predicted octanol–water partition coefficient (Wildman–Crippen LogP) is 3.11. The van der Waals surface area contributed by atoms with Gasteiger partial charge < -0.3 is 14.2 Å². The fraction of sp³-hybridized carbons (Fsp3) is 0.400. The Hall–Kier alpha value is -2.56. The summed E-state index contributed by atoms with van der Waals surface area (Å²) in [6, 6.07) is 5.50. The molecular weight excluding hydrogens is 316 g/mol. The quantitative estimate of drug-likeness (QED) is 0.844. The van der Waals surface area contributed by atoms with Crippen LogP contribution in [-0.4, -0.2) is 47.8 Å². The lowest BCUT2D eigenvalue weighted by molar-refractivity contribution is 0.0517. The van der Waals surface area contributed by atoms with Crippen LogP contribution in [0.25, 0.3) is 0 Å². The number of amides is 2. The molecule has 1 aromatic carbocycles. The molecule has 1 aliphatic rings. The van der Waals surface area contributed by atoms with Crippen molar-refractivity contribution in [2.75, 3.05) is 26.2 Å². The van der Waals surface area contributed by atoms with Gasteiger partial charge in [-0.25, -0.2) is 0 Å². The summed E-state index contributed by atoms with van der Waals surface area (Å²) < 4.78 is 5.18. The molecule has 5 nitrogen and oxygen atoms in total. The van der Waals surface area contributed by atoms with Crippen molar-refractivity contribution in [3.05, 3.63) is 58.0 Å². The molecule has 0 aliphatic carbocycles. The Balaban J connectivity index is 1.73. The van der Waals surface area contributed by atoms with E-state index < -0.39 is 0 Å². The number of hydrogen-bond acceptors (Lipinski definition) is 3. The summed E-state index contributed by atoms with van der Waals surface area (Å²) in [5.74, 6) is 0.295. The molecule has 1 fully saturated rings. The second-order valence-corrected chi connectivity index (χ2v) is 6.70. The van der Waals surface area contributed by atoms with Crippen molar-refractivity contribution in [3.63, 3.8) is 0 Å². The summed E-state index contributed by atoms with van der Waals surface area (Å²) >= 11 is 0. The van der Waals surface area contributed by atoms with Crippen molar-refractivity contribution >= 4 is 11.8 Å². The molecule has 3 rings (SSSR count). The Labute approximate surface area is 148 Å². The largest absolute Gasteiger partial charge is 0.459 e. The highest BCUT2D eigenvalue weighted by atomic mass is 16.3. The Bertz CT molecular complexity index is 775. The van der Waals surface area contributed by atoms with Crippen molar-refractivity contribution in [1.82, 2.24) is 9.80 Å². The summed E-state index contributed by atoms with van der Waals surface area (Å²) in [5, 5.41) is 0. The average molecular weight is 340 g/mol. The fourth-order valence-corrected chi connectivity index (χ4v) is 3.36. The van der Waals surface area contributed by atoms with Crippen LogP contribution in [0.15, 0.2) is 28.9 Å². The second kappa shape index (κ2) is 6.75. The van der Waals surface area contributed by atoms with E-state index in [1.165, 1.54) is 6.26 Å². The van der Waals surface area contributed by atoms with Gasteiger partial charge in [-0.2, -0.15) is 0 Å². The Kier molecular flexibility index (Phi) is 4.66. The van der Waals surface area contributed by atoms with Gasteiger partial charge in [0.15, 0.2) is 5.76 Å². The van der Waals surface area contributed by atoms with Crippen molar-refractivity contribution in [3.8, 4) is 0 Å². The van der Waals surface area contributed by atoms with Crippen LogP contribution < -0.4 is 0 Å². The molecule has 5 heteroatoms. The highest BCUT2D eigenvalue weighted by Gasteiger charge is 2.28. The predicted molar refractivity (Wildman–Crippen MR) is 95.9 cm³/mol. The summed E-state index contributed by atoms with van der Waals surface area (Å²) in [6.45, 7) is 10.2. The number of rotatable bonds is 2. The summed E-state index contributed by atoms with van der Waals surface area (Å²) in [7, 11) is 0. The monoisotopic (exact) mass is 340 g/mol. The smallest absolute Gasteiger partial charge is 0.289 e. The van der Waals surface area contributed by atoms with Crippen molar-refractivity contribution in [1.29, 1.82) is 0 Å². The molecule has 1 aliphatic heterocycles. The van der Waals surface area contributed by atoms with Crippen LogP contribution in [0.5, 0.6) is 0 Å². The molecule has 2 amide bonds. The minimum Gasteiger partial charge on any atom is -0.459 e. The fourth-order valence-electron chi connectivity index (χ4n) is 3.36. The molecule has 0 saturated carbocycles. The number of furan rings is 1. The third-order valence-electron chi connectivity index (χ3n) is 5.17. The van der Waals surface area contributed by atoms with E-state index >= 15 is 0 Å². The standard InChI is InChI=1S/C20H24N2O3/c1-13-12-14(2)16(4)18(15(13)3)20(24)22-9-7-21(8-10-22)19(23)17-6-5-11-25-17/h5-6,11-12H,7-10H2,1-4H3. The lowest BCUT2D eigenvalue weighted by atomic mass is 9.93. The molecule has 0 radical (unpaired) electrons. The Morgan fingerprint density at radius 2 is 1.40 bits per heavy atom. The van der Waals surface area contributed by atoms with Crippen molar-refractivity contribution in [2.45, 2.75) is 27.7 Å². The van der Waals surface area contributed by atoms with Crippen molar-refractivity contribution in [2.24, 2.45) is 0 Å². The summed E-state index contributed by atoms with van der Waals surface area (Å²) in [4.78, 5) is 29.0. The van der Waals surface area contributed by atoms with Crippen LogP contribution in [0.3, 0.4) is 0 Å². The molecule has 0 bridgehead atoms. The molecule has 0 N–H and O–H groups in total. The van der Waals surface area contributed by atoms with Gasteiger partial charge in [0, 0.05) is 31.7 Å². The number of hydrogen-bond donors (Lipinski definition) is 0. The van der Waals surface area contributed by atoms with E-state index in [4.69, 9.17) is 4.42 Å². The molecular formula is C20H24N2O3. The van der Waals surface area contributed by atoms with Crippen LogP contribution in [0.2, 0.25) is 0 Å². The minimum atomic E-state index is -0.115. The number of piperazine rings is 1. The van der Waals surface area contributed by atoms with Crippen LogP contribution in [0.4, 0.5) is 0 Å².